The Kier molecular flexibility index (Phi) is 7.53. The topological polar surface area (TPSA) is 52.6 Å². The first-order chi connectivity index (χ1) is 11.2. The lowest BCUT2D eigenvalue weighted by molar-refractivity contribution is -0.161. The number of ketones is 1. The summed E-state index contributed by atoms with van der Waals surface area (Å²) in [4.78, 5) is 25.6. The Balaban J connectivity index is 3.31. The fraction of sp³-hybridized carbons (Fsp3) is 0.684. The van der Waals surface area contributed by atoms with Crippen LogP contribution in [0.1, 0.15) is 53.9 Å². The van der Waals surface area contributed by atoms with E-state index in [4.69, 9.17) is 21.1 Å². The first-order valence-corrected chi connectivity index (χ1v) is 8.93. The molecule has 1 rings (SSSR count). The van der Waals surface area contributed by atoms with Crippen LogP contribution in [-0.4, -0.2) is 30.8 Å². The van der Waals surface area contributed by atoms with E-state index in [0.29, 0.717) is 30.9 Å². The second-order valence-electron chi connectivity index (χ2n) is 6.93. The van der Waals surface area contributed by atoms with Crippen LogP contribution in [0.15, 0.2) is 23.0 Å². The van der Waals surface area contributed by atoms with Gasteiger partial charge in [-0.15, -0.1) is 11.6 Å². The summed E-state index contributed by atoms with van der Waals surface area (Å²) in [6.07, 6.45) is 3.00. The van der Waals surface area contributed by atoms with Gasteiger partial charge in [0.15, 0.2) is 5.78 Å². The zero-order valence-corrected chi connectivity index (χ0v) is 16.3. The van der Waals surface area contributed by atoms with Gasteiger partial charge in [-0.2, -0.15) is 0 Å². The van der Waals surface area contributed by atoms with Crippen LogP contribution >= 0.6 is 11.6 Å². The van der Waals surface area contributed by atoms with Gasteiger partial charge in [-0.3, -0.25) is 9.59 Å². The van der Waals surface area contributed by atoms with E-state index in [-0.39, 0.29) is 17.8 Å². The maximum absolute atomic E-state index is 13.0. The second kappa shape index (κ2) is 8.70. The third-order valence-corrected chi connectivity index (χ3v) is 4.80. The number of allylic oxidation sites excluding steroid dienone is 4. The maximum Gasteiger partial charge on any atom is 0.320 e. The van der Waals surface area contributed by atoms with Gasteiger partial charge in [-0.1, -0.05) is 18.1 Å². The third-order valence-electron chi connectivity index (χ3n) is 4.61. The molecule has 1 aliphatic carbocycles. The summed E-state index contributed by atoms with van der Waals surface area (Å²) in [6.45, 7) is 9.70. The zero-order chi connectivity index (χ0) is 18.5. The number of hydrogen-bond acceptors (Lipinski definition) is 4. The van der Waals surface area contributed by atoms with Crippen molar-refractivity contribution in [1.82, 2.24) is 0 Å². The average Bonchev–Trinajstić information content (AvgIpc) is 2.48. The number of alkyl halides is 1. The molecule has 0 aromatic heterocycles. The molecule has 0 radical (unpaired) electrons. The molecule has 0 aromatic carbocycles. The lowest BCUT2D eigenvalue weighted by atomic mass is 9.64. The highest BCUT2D eigenvalue weighted by atomic mass is 35.5. The van der Waals surface area contributed by atoms with Gasteiger partial charge < -0.3 is 9.47 Å². The predicted octanol–water partition coefficient (Wildman–Crippen LogP) is 4.42. The molecule has 0 spiro atoms. The molecule has 0 aliphatic heterocycles. The number of esters is 1. The molecule has 2 atom stereocenters. The number of hydrogen-bond donors (Lipinski definition) is 0. The molecule has 24 heavy (non-hydrogen) atoms. The highest BCUT2D eigenvalue weighted by molar-refractivity contribution is 6.18. The predicted molar refractivity (Wildman–Crippen MR) is 95.9 cm³/mol. The molecule has 2 unspecified atom stereocenters. The van der Waals surface area contributed by atoms with Gasteiger partial charge in [0, 0.05) is 18.4 Å². The molecule has 0 aromatic rings. The molecule has 1 aliphatic rings. The van der Waals surface area contributed by atoms with E-state index in [1.807, 2.05) is 34.6 Å². The first kappa shape index (κ1) is 20.8. The van der Waals surface area contributed by atoms with Gasteiger partial charge in [0.25, 0.3) is 0 Å². The van der Waals surface area contributed by atoms with Gasteiger partial charge in [0.2, 0.25) is 0 Å². The minimum absolute atomic E-state index is 0.00790. The summed E-state index contributed by atoms with van der Waals surface area (Å²) < 4.78 is 10.7. The molecule has 0 amide bonds. The van der Waals surface area contributed by atoms with Crippen LogP contribution < -0.4 is 0 Å². The Hall–Kier alpha value is -1.29. The normalized spacial score (nSPS) is 23.8. The smallest absolute Gasteiger partial charge is 0.320 e. The number of ether oxygens (including phenoxy) is 2. The third kappa shape index (κ3) is 4.41. The molecule has 0 N–H and O–H groups in total. The van der Waals surface area contributed by atoms with Gasteiger partial charge in [-0.25, -0.2) is 0 Å². The number of rotatable bonds is 7. The molecule has 0 fully saturated rings. The van der Waals surface area contributed by atoms with E-state index in [1.165, 1.54) is 13.2 Å². The highest BCUT2D eigenvalue weighted by Gasteiger charge is 2.53. The minimum Gasteiger partial charge on any atom is -0.495 e. The number of halogens is 1. The Morgan fingerprint density at radius 3 is 2.46 bits per heavy atom. The molecular weight excluding hydrogens is 328 g/mol. The number of methoxy groups -OCH3 is 1. The summed E-state index contributed by atoms with van der Waals surface area (Å²) in [7, 11) is 1.33. The van der Waals surface area contributed by atoms with Crippen molar-refractivity contribution in [2.24, 2.45) is 11.3 Å². The van der Waals surface area contributed by atoms with E-state index < -0.39 is 11.4 Å². The first-order valence-electron chi connectivity index (χ1n) is 8.40. The van der Waals surface area contributed by atoms with Crippen LogP contribution in [0.25, 0.3) is 0 Å². The molecule has 4 nitrogen and oxygen atoms in total. The maximum atomic E-state index is 13.0. The molecule has 136 valence electrons. The standard InChI is InChI=1S/C19H29ClO4/c1-12(2)15(7-8-20)11-19(18(22)23-6)14(5)9-16(10-17(19)21)24-13(3)4/h10,13-14H,7-9,11H2,1-6H3. The lowest BCUT2D eigenvalue weighted by Crippen LogP contribution is -2.47. The van der Waals surface area contributed by atoms with Crippen molar-refractivity contribution >= 4 is 23.4 Å². The lowest BCUT2D eigenvalue weighted by Gasteiger charge is -2.39. The van der Waals surface area contributed by atoms with Gasteiger partial charge in [-0.05, 0) is 46.5 Å². The van der Waals surface area contributed by atoms with Crippen LogP contribution in [0.5, 0.6) is 0 Å². The van der Waals surface area contributed by atoms with Crippen molar-refractivity contribution in [3.05, 3.63) is 23.0 Å². The second-order valence-corrected chi connectivity index (χ2v) is 7.31. The fourth-order valence-corrected chi connectivity index (χ4v) is 3.45. The number of carbonyl (C=O) groups is 2. The largest absolute Gasteiger partial charge is 0.495 e. The Labute approximate surface area is 150 Å². The Bertz CT molecular complexity index is 544. The van der Waals surface area contributed by atoms with Crippen molar-refractivity contribution in [3.8, 4) is 0 Å². The Morgan fingerprint density at radius 1 is 1.42 bits per heavy atom. The Morgan fingerprint density at radius 2 is 2.04 bits per heavy atom. The quantitative estimate of drug-likeness (QED) is 0.293. The van der Waals surface area contributed by atoms with Crippen LogP contribution in [0.4, 0.5) is 0 Å². The van der Waals surface area contributed by atoms with Crippen LogP contribution in [-0.2, 0) is 19.1 Å². The summed E-state index contributed by atoms with van der Waals surface area (Å²) in [6, 6.07) is 0. The van der Waals surface area contributed by atoms with Crippen molar-refractivity contribution in [1.29, 1.82) is 0 Å². The van der Waals surface area contributed by atoms with Gasteiger partial charge in [0.05, 0.1) is 13.2 Å². The fourth-order valence-electron chi connectivity index (χ4n) is 3.22. The summed E-state index contributed by atoms with van der Waals surface area (Å²) >= 11 is 5.90. The molecule has 0 heterocycles. The zero-order valence-electron chi connectivity index (χ0n) is 15.6. The van der Waals surface area contributed by atoms with E-state index in [1.54, 1.807) is 0 Å². The average molecular weight is 357 g/mol. The molecule has 0 saturated heterocycles. The van der Waals surface area contributed by atoms with Gasteiger partial charge >= 0.3 is 5.97 Å². The SMILES string of the molecule is COC(=O)C1(CC(CCCl)=C(C)C)C(=O)C=C(OC(C)C)CC1C. The molecule has 0 saturated carbocycles. The summed E-state index contributed by atoms with van der Waals surface area (Å²) in [5.41, 5.74) is 0.932. The van der Waals surface area contributed by atoms with Crippen molar-refractivity contribution in [2.45, 2.75) is 60.0 Å². The molecular formula is C19H29ClO4. The highest BCUT2D eigenvalue weighted by Crippen LogP contribution is 2.45. The van der Waals surface area contributed by atoms with Gasteiger partial charge in [0.1, 0.15) is 11.2 Å². The van der Waals surface area contributed by atoms with Crippen molar-refractivity contribution in [2.75, 3.05) is 13.0 Å². The summed E-state index contributed by atoms with van der Waals surface area (Å²) in [5.74, 6) is 0.168. The van der Waals surface area contributed by atoms with E-state index in [0.717, 1.165) is 11.1 Å². The van der Waals surface area contributed by atoms with Crippen molar-refractivity contribution < 1.29 is 19.1 Å². The van der Waals surface area contributed by atoms with Crippen LogP contribution in [0, 0.1) is 11.3 Å². The van der Waals surface area contributed by atoms with Crippen LogP contribution in [0.3, 0.4) is 0 Å². The molecule has 5 heteroatoms. The minimum atomic E-state index is -1.20. The van der Waals surface area contributed by atoms with Crippen LogP contribution in [0.2, 0.25) is 0 Å². The monoisotopic (exact) mass is 356 g/mol. The van der Waals surface area contributed by atoms with Crippen molar-refractivity contribution in [3.63, 3.8) is 0 Å². The molecule has 0 bridgehead atoms. The van der Waals surface area contributed by atoms with E-state index in [9.17, 15) is 9.59 Å². The number of carbonyl (C=O) groups excluding carboxylic acids is 2. The summed E-state index contributed by atoms with van der Waals surface area (Å²) in [5, 5.41) is 0. The van der Waals surface area contributed by atoms with E-state index in [2.05, 4.69) is 0 Å². The van der Waals surface area contributed by atoms with E-state index >= 15 is 0 Å².